The van der Waals surface area contributed by atoms with Gasteiger partial charge in [-0.2, -0.15) is 0 Å². The van der Waals surface area contributed by atoms with E-state index in [1.807, 2.05) is 0 Å². The molecule has 2 aromatic heterocycles. The molecule has 0 bridgehead atoms. The van der Waals surface area contributed by atoms with Gasteiger partial charge in [0.25, 0.3) is 5.91 Å². The van der Waals surface area contributed by atoms with Crippen LogP contribution in [0.15, 0.2) is 17.6 Å². The topological polar surface area (TPSA) is 75.3 Å². The van der Waals surface area contributed by atoms with Crippen molar-refractivity contribution in [3.05, 3.63) is 38.4 Å². The lowest BCUT2D eigenvalue weighted by Crippen LogP contribution is -2.49. The van der Waals surface area contributed by atoms with Gasteiger partial charge in [-0.25, -0.2) is 9.97 Å². The normalized spacial score (nSPS) is 15.1. The van der Waals surface area contributed by atoms with E-state index in [0.29, 0.717) is 54.3 Å². The van der Waals surface area contributed by atoms with Crippen molar-refractivity contribution < 1.29 is 4.79 Å². The Bertz CT molecular complexity index is 715. The number of halogens is 2. The summed E-state index contributed by atoms with van der Waals surface area (Å²) in [5.41, 5.74) is 6.00. The third kappa shape index (κ3) is 3.58. The number of amides is 1. The summed E-state index contributed by atoms with van der Waals surface area (Å²) < 4.78 is 0. The molecule has 0 atom stereocenters. The Kier molecular flexibility index (Phi) is 5.01. The molecule has 0 aromatic carbocycles. The van der Waals surface area contributed by atoms with Crippen LogP contribution in [0.4, 0.5) is 5.82 Å². The fraction of sp³-hybridized carbons (Fsp3) is 0.357. The monoisotopic (exact) mass is 371 g/mol. The molecular weight excluding hydrogens is 357 g/mol. The first-order valence-corrected chi connectivity index (χ1v) is 8.72. The van der Waals surface area contributed by atoms with E-state index in [1.165, 1.54) is 11.3 Å². The maximum absolute atomic E-state index is 12.4. The summed E-state index contributed by atoms with van der Waals surface area (Å²) in [6.45, 7) is 2.86. The van der Waals surface area contributed by atoms with Crippen LogP contribution in [0, 0.1) is 0 Å². The first-order chi connectivity index (χ1) is 11.1. The van der Waals surface area contributed by atoms with E-state index in [9.17, 15) is 4.79 Å². The number of carbonyl (C=O) groups excluding carboxylic acids is 1. The summed E-state index contributed by atoms with van der Waals surface area (Å²) >= 11 is 13.5. The Morgan fingerprint density at radius 1 is 1.30 bits per heavy atom. The van der Waals surface area contributed by atoms with Gasteiger partial charge in [-0.05, 0) is 6.07 Å². The number of anilines is 1. The van der Waals surface area contributed by atoms with Crippen molar-refractivity contribution in [3.63, 3.8) is 0 Å². The van der Waals surface area contributed by atoms with E-state index in [0.717, 1.165) is 5.01 Å². The van der Waals surface area contributed by atoms with Crippen molar-refractivity contribution in [1.29, 1.82) is 0 Å². The molecule has 0 unspecified atom stereocenters. The van der Waals surface area contributed by atoms with Crippen molar-refractivity contribution in [2.45, 2.75) is 6.54 Å². The van der Waals surface area contributed by atoms with Crippen LogP contribution in [0.3, 0.4) is 0 Å². The highest BCUT2D eigenvalue weighted by atomic mass is 35.5. The quantitative estimate of drug-likeness (QED) is 0.895. The fourth-order valence-corrected chi connectivity index (χ4v) is 3.57. The lowest BCUT2D eigenvalue weighted by Gasteiger charge is -2.35. The molecule has 3 heterocycles. The van der Waals surface area contributed by atoms with Gasteiger partial charge < -0.3 is 15.5 Å². The van der Waals surface area contributed by atoms with Crippen LogP contribution in [0.5, 0.6) is 0 Å². The lowest BCUT2D eigenvalue weighted by atomic mass is 10.2. The van der Waals surface area contributed by atoms with E-state index in [1.54, 1.807) is 22.5 Å². The zero-order valence-corrected chi connectivity index (χ0v) is 14.5. The highest BCUT2D eigenvalue weighted by Gasteiger charge is 2.25. The van der Waals surface area contributed by atoms with Gasteiger partial charge in [0, 0.05) is 44.3 Å². The Hall–Kier alpha value is -1.41. The van der Waals surface area contributed by atoms with Gasteiger partial charge in [0.15, 0.2) is 0 Å². The highest BCUT2D eigenvalue weighted by molar-refractivity contribution is 7.09. The minimum absolute atomic E-state index is 0.0595. The molecule has 3 rings (SSSR count). The largest absolute Gasteiger partial charge is 0.352 e. The molecule has 23 heavy (non-hydrogen) atoms. The molecule has 122 valence electrons. The molecule has 1 saturated heterocycles. The van der Waals surface area contributed by atoms with Crippen LogP contribution in [0.25, 0.3) is 0 Å². The number of hydrogen-bond acceptors (Lipinski definition) is 6. The second-order valence-electron chi connectivity index (χ2n) is 5.07. The first-order valence-electron chi connectivity index (χ1n) is 7.08. The second kappa shape index (κ2) is 7.00. The Balaban J connectivity index is 1.65. The van der Waals surface area contributed by atoms with Gasteiger partial charge in [0.1, 0.15) is 16.5 Å². The van der Waals surface area contributed by atoms with Crippen molar-refractivity contribution in [2.24, 2.45) is 5.73 Å². The molecule has 2 aromatic rings. The summed E-state index contributed by atoms with van der Waals surface area (Å²) in [4.78, 5) is 24.8. The van der Waals surface area contributed by atoms with Gasteiger partial charge >= 0.3 is 0 Å². The molecule has 0 saturated carbocycles. The minimum atomic E-state index is -0.0595. The Labute approximate surface area is 147 Å². The molecule has 1 aliphatic rings. The van der Waals surface area contributed by atoms with Crippen molar-refractivity contribution >= 4 is 46.3 Å². The van der Waals surface area contributed by atoms with E-state index < -0.39 is 0 Å². The maximum atomic E-state index is 12.4. The highest BCUT2D eigenvalue weighted by Crippen LogP contribution is 2.27. The first kappa shape index (κ1) is 16.4. The number of rotatable bonds is 3. The van der Waals surface area contributed by atoms with Gasteiger partial charge in [-0.15, -0.1) is 11.3 Å². The number of thiazole rings is 1. The second-order valence-corrected chi connectivity index (χ2v) is 6.86. The average Bonchev–Trinajstić information content (AvgIpc) is 3.03. The molecule has 1 aliphatic heterocycles. The van der Waals surface area contributed by atoms with Gasteiger partial charge in [-0.1, -0.05) is 23.2 Å². The van der Waals surface area contributed by atoms with Crippen LogP contribution in [-0.2, 0) is 6.54 Å². The predicted octanol–water partition coefficient (Wildman–Crippen LogP) is 2.27. The predicted molar refractivity (Wildman–Crippen MR) is 92.4 cm³/mol. The van der Waals surface area contributed by atoms with E-state index in [2.05, 4.69) is 14.9 Å². The molecule has 6 nitrogen and oxygen atoms in total. The third-order valence-electron chi connectivity index (χ3n) is 3.60. The smallest absolute Gasteiger partial charge is 0.273 e. The summed E-state index contributed by atoms with van der Waals surface area (Å²) in [5.74, 6) is 0.637. The summed E-state index contributed by atoms with van der Waals surface area (Å²) in [6.07, 6.45) is 1.57. The van der Waals surface area contributed by atoms with Gasteiger partial charge in [-0.3, -0.25) is 4.79 Å². The van der Waals surface area contributed by atoms with Crippen molar-refractivity contribution in [3.8, 4) is 0 Å². The van der Waals surface area contributed by atoms with E-state index >= 15 is 0 Å². The van der Waals surface area contributed by atoms with Crippen LogP contribution in [0.2, 0.25) is 10.0 Å². The lowest BCUT2D eigenvalue weighted by molar-refractivity contribution is 0.0741. The van der Waals surface area contributed by atoms with Crippen LogP contribution in [0.1, 0.15) is 15.5 Å². The van der Waals surface area contributed by atoms with E-state index in [-0.39, 0.29) is 5.91 Å². The number of piperazine rings is 1. The molecule has 2 N–H and O–H groups in total. The van der Waals surface area contributed by atoms with E-state index in [4.69, 9.17) is 28.9 Å². The molecule has 1 amide bonds. The van der Waals surface area contributed by atoms with Crippen molar-refractivity contribution in [1.82, 2.24) is 14.9 Å². The van der Waals surface area contributed by atoms with Crippen LogP contribution in [-0.4, -0.2) is 47.0 Å². The SMILES string of the molecule is NCc1nc(C(=O)N2CCN(c3ncc(Cl)cc3Cl)CC2)cs1. The minimum Gasteiger partial charge on any atom is -0.352 e. The number of aromatic nitrogens is 2. The molecule has 0 radical (unpaired) electrons. The number of pyridine rings is 1. The Morgan fingerprint density at radius 2 is 2.04 bits per heavy atom. The van der Waals surface area contributed by atoms with Crippen LogP contribution >= 0.6 is 34.5 Å². The molecule has 1 fully saturated rings. The zero-order chi connectivity index (χ0) is 16.4. The third-order valence-corrected chi connectivity index (χ3v) is 4.96. The summed E-state index contributed by atoms with van der Waals surface area (Å²) in [7, 11) is 0. The molecule has 0 aliphatic carbocycles. The average molecular weight is 372 g/mol. The molecule has 9 heteroatoms. The summed E-state index contributed by atoms with van der Waals surface area (Å²) in [5, 5.41) is 3.55. The Morgan fingerprint density at radius 3 is 2.65 bits per heavy atom. The zero-order valence-electron chi connectivity index (χ0n) is 12.2. The number of nitrogens with zero attached hydrogens (tertiary/aromatic N) is 4. The number of nitrogens with two attached hydrogens (primary N) is 1. The molecule has 0 spiro atoms. The fourth-order valence-electron chi connectivity index (χ4n) is 2.43. The van der Waals surface area contributed by atoms with Gasteiger partial charge in [0.2, 0.25) is 0 Å². The number of hydrogen-bond donors (Lipinski definition) is 1. The van der Waals surface area contributed by atoms with Crippen molar-refractivity contribution in [2.75, 3.05) is 31.1 Å². The van der Waals surface area contributed by atoms with Crippen LogP contribution < -0.4 is 10.6 Å². The summed E-state index contributed by atoms with van der Waals surface area (Å²) in [6, 6.07) is 1.67. The molecular formula is C14H15Cl2N5OS. The number of carbonyl (C=O) groups is 1. The maximum Gasteiger partial charge on any atom is 0.273 e. The standard InChI is InChI=1S/C14H15Cl2N5OS/c15-9-5-10(16)13(18-7-9)20-1-3-21(4-2-20)14(22)11-8-23-12(6-17)19-11/h5,7-8H,1-4,6,17H2. The van der Waals surface area contributed by atoms with Gasteiger partial charge in [0.05, 0.1) is 10.0 Å².